The van der Waals surface area contributed by atoms with Gasteiger partial charge in [-0.1, -0.05) is 66.7 Å². The highest BCUT2D eigenvalue weighted by molar-refractivity contribution is 8.06. The monoisotopic (exact) mass is 411 g/mol. The number of fused-ring (bicyclic) bond motifs is 1. The molecule has 0 spiro atoms. The summed E-state index contributed by atoms with van der Waals surface area (Å²) in [4.78, 5) is 2.16. The third-order valence-corrected chi connectivity index (χ3v) is 6.42. The largest absolute Gasteiger partial charge is 0.310 e. The van der Waals surface area contributed by atoms with Crippen molar-refractivity contribution in [1.29, 1.82) is 5.26 Å². The van der Waals surface area contributed by atoms with Gasteiger partial charge in [0.2, 0.25) is 0 Å². The zero-order valence-corrected chi connectivity index (χ0v) is 17.3. The summed E-state index contributed by atoms with van der Waals surface area (Å²) in [6.07, 6.45) is 4.33. The van der Waals surface area contributed by atoms with Crippen LogP contribution in [0, 0.1) is 11.3 Å². The molecule has 0 N–H and O–H groups in total. The molecule has 3 aromatic rings. The highest BCUT2D eigenvalue weighted by Crippen LogP contribution is 2.45. The topological polar surface area (TPSA) is 57.7 Å². The lowest BCUT2D eigenvalue weighted by atomic mass is 10.1. The lowest BCUT2D eigenvalue weighted by molar-refractivity contribution is 0.627. The number of nitriles is 1. The van der Waals surface area contributed by atoms with E-state index in [9.17, 15) is 5.26 Å². The normalized spacial score (nSPS) is 17.7. The Balaban J connectivity index is 1.66. The maximum Gasteiger partial charge on any atom is 0.177 e. The maximum absolute atomic E-state index is 10.2. The van der Waals surface area contributed by atoms with Crippen LogP contribution in [0.3, 0.4) is 0 Å². The molecule has 0 amide bonds. The minimum absolute atomic E-state index is 0.576. The van der Waals surface area contributed by atoms with Gasteiger partial charge in [0.25, 0.3) is 0 Å². The lowest BCUT2D eigenvalue weighted by Gasteiger charge is -2.24. The van der Waals surface area contributed by atoms with Gasteiger partial charge in [-0.05, 0) is 30.5 Å². The Morgan fingerprint density at radius 3 is 2.47 bits per heavy atom. The molecule has 0 fully saturated rings. The SMILES string of the molecule is N#C/C(=C1/SC=C(c2ccccc2)N1c1ccccc1)c1nnc2n1CCCCC2. The molecule has 3 heterocycles. The fraction of sp³-hybridized carbons (Fsp3) is 0.208. The van der Waals surface area contributed by atoms with Gasteiger partial charge in [-0.25, -0.2) is 0 Å². The predicted molar refractivity (Wildman–Crippen MR) is 121 cm³/mol. The molecule has 0 bridgehead atoms. The van der Waals surface area contributed by atoms with Crippen LogP contribution in [0.4, 0.5) is 5.69 Å². The first-order valence-corrected chi connectivity index (χ1v) is 11.1. The molecular formula is C24H21N5S. The molecule has 0 atom stereocenters. The minimum atomic E-state index is 0.576. The minimum Gasteiger partial charge on any atom is -0.310 e. The van der Waals surface area contributed by atoms with Crippen molar-refractivity contribution in [2.75, 3.05) is 4.90 Å². The Hall–Kier alpha value is -3.30. The summed E-state index contributed by atoms with van der Waals surface area (Å²) in [5.41, 5.74) is 3.77. The van der Waals surface area contributed by atoms with Crippen molar-refractivity contribution in [3.8, 4) is 6.07 Å². The van der Waals surface area contributed by atoms with Gasteiger partial charge < -0.3 is 9.47 Å². The molecule has 0 radical (unpaired) electrons. The Morgan fingerprint density at radius 1 is 0.933 bits per heavy atom. The summed E-state index contributed by atoms with van der Waals surface area (Å²) in [7, 11) is 0. The van der Waals surface area contributed by atoms with E-state index in [2.05, 4.69) is 55.4 Å². The first-order valence-electron chi connectivity index (χ1n) is 10.2. The van der Waals surface area contributed by atoms with Crippen molar-refractivity contribution >= 4 is 28.7 Å². The average Bonchev–Trinajstić information content (AvgIpc) is 3.33. The van der Waals surface area contributed by atoms with Crippen LogP contribution in [-0.2, 0) is 13.0 Å². The number of benzene rings is 2. The van der Waals surface area contributed by atoms with Crippen molar-refractivity contribution in [3.05, 3.63) is 88.3 Å². The molecule has 1 aromatic heterocycles. The fourth-order valence-electron chi connectivity index (χ4n) is 4.00. The zero-order valence-electron chi connectivity index (χ0n) is 16.5. The molecule has 30 heavy (non-hydrogen) atoms. The van der Waals surface area contributed by atoms with E-state index in [0.717, 1.165) is 53.6 Å². The maximum atomic E-state index is 10.2. The van der Waals surface area contributed by atoms with Crippen LogP contribution in [0.5, 0.6) is 0 Å². The van der Waals surface area contributed by atoms with E-state index < -0.39 is 0 Å². The van der Waals surface area contributed by atoms with Crippen molar-refractivity contribution in [1.82, 2.24) is 14.8 Å². The summed E-state index contributed by atoms with van der Waals surface area (Å²) >= 11 is 1.57. The van der Waals surface area contributed by atoms with Gasteiger partial charge in [0.1, 0.15) is 22.5 Å². The van der Waals surface area contributed by atoms with Gasteiger partial charge in [0, 0.05) is 24.1 Å². The van der Waals surface area contributed by atoms with E-state index in [1.54, 1.807) is 11.8 Å². The van der Waals surface area contributed by atoms with E-state index in [1.807, 2.05) is 36.4 Å². The summed E-state index contributed by atoms with van der Waals surface area (Å²) in [6, 6.07) is 22.9. The number of aromatic nitrogens is 3. The summed E-state index contributed by atoms with van der Waals surface area (Å²) in [5, 5.41) is 22.1. The molecule has 6 heteroatoms. The van der Waals surface area contributed by atoms with Crippen LogP contribution in [0.25, 0.3) is 11.3 Å². The second kappa shape index (κ2) is 8.21. The average molecular weight is 412 g/mol. The number of thioether (sulfide) groups is 1. The number of hydrogen-bond donors (Lipinski definition) is 0. The van der Waals surface area contributed by atoms with Gasteiger partial charge in [-0.3, -0.25) is 0 Å². The van der Waals surface area contributed by atoms with Gasteiger partial charge in [-0.2, -0.15) is 5.26 Å². The number of anilines is 1. The Morgan fingerprint density at radius 2 is 1.70 bits per heavy atom. The second-order valence-electron chi connectivity index (χ2n) is 7.35. The highest BCUT2D eigenvalue weighted by Gasteiger charge is 2.30. The Kier molecular flexibility index (Phi) is 5.12. The third-order valence-electron chi connectivity index (χ3n) is 5.47. The van der Waals surface area contributed by atoms with Gasteiger partial charge in [0.15, 0.2) is 5.82 Å². The van der Waals surface area contributed by atoms with Crippen LogP contribution in [0.2, 0.25) is 0 Å². The molecule has 2 aliphatic heterocycles. The Labute approximate surface area is 180 Å². The van der Waals surface area contributed by atoms with Gasteiger partial charge >= 0.3 is 0 Å². The number of hydrogen-bond acceptors (Lipinski definition) is 5. The number of allylic oxidation sites excluding steroid dienone is 1. The Bertz CT molecular complexity index is 1160. The predicted octanol–water partition coefficient (Wildman–Crippen LogP) is 5.45. The molecule has 0 saturated heterocycles. The molecule has 2 aromatic carbocycles. The first kappa shape index (κ1) is 18.7. The molecule has 5 rings (SSSR count). The quantitative estimate of drug-likeness (QED) is 0.537. The van der Waals surface area contributed by atoms with E-state index in [0.29, 0.717) is 11.4 Å². The van der Waals surface area contributed by atoms with Crippen molar-refractivity contribution in [2.45, 2.75) is 32.2 Å². The third kappa shape index (κ3) is 3.31. The van der Waals surface area contributed by atoms with Crippen molar-refractivity contribution < 1.29 is 0 Å². The molecule has 0 saturated carbocycles. The van der Waals surface area contributed by atoms with Gasteiger partial charge in [0.05, 0.1) is 5.70 Å². The molecular weight excluding hydrogens is 390 g/mol. The highest BCUT2D eigenvalue weighted by atomic mass is 32.2. The zero-order chi connectivity index (χ0) is 20.3. The molecule has 148 valence electrons. The van der Waals surface area contributed by atoms with Crippen LogP contribution >= 0.6 is 11.8 Å². The molecule has 5 nitrogen and oxygen atoms in total. The first-order chi connectivity index (χ1) is 14.9. The van der Waals surface area contributed by atoms with E-state index in [1.165, 1.54) is 6.42 Å². The van der Waals surface area contributed by atoms with E-state index in [-0.39, 0.29) is 0 Å². The van der Waals surface area contributed by atoms with E-state index in [4.69, 9.17) is 0 Å². The van der Waals surface area contributed by atoms with E-state index >= 15 is 0 Å². The fourth-order valence-corrected chi connectivity index (χ4v) is 5.03. The van der Waals surface area contributed by atoms with Crippen LogP contribution in [-0.4, -0.2) is 14.8 Å². The van der Waals surface area contributed by atoms with Crippen LogP contribution in [0.15, 0.2) is 71.1 Å². The summed E-state index contributed by atoms with van der Waals surface area (Å²) < 4.78 is 2.14. The van der Waals surface area contributed by atoms with Crippen molar-refractivity contribution in [2.24, 2.45) is 0 Å². The number of nitrogens with zero attached hydrogens (tertiary/aromatic N) is 5. The number of para-hydroxylation sites is 1. The molecule has 0 unspecified atom stereocenters. The van der Waals surface area contributed by atoms with Crippen molar-refractivity contribution in [3.63, 3.8) is 0 Å². The second-order valence-corrected chi connectivity index (χ2v) is 8.21. The standard InChI is InChI=1S/C24H21N5S/c25-16-20(23-27-26-22-14-8-3-9-15-28(22)23)24-29(19-12-6-2-7-13-19)21(17-30-24)18-10-4-1-5-11-18/h1-2,4-7,10-13,17H,3,8-9,14-15H2/b24-20-. The number of aryl methyl sites for hydroxylation is 1. The summed E-state index contributed by atoms with van der Waals surface area (Å²) in [6.45, 7) is 0.866. The summed E-state index contributed by atoms with van der Waals surface area (Å²) in [5.74, 6) is 1.67. The van der Waals surface area contributed by atoms with Gasteiger partial charge in [-0.15, -0.1) is 10.2 Å². The molecule has 0 aliphatic carbocycles. The van der Waals surface area contributed by atoms with Crippen LogP contribution < -0.4 is 4.90 Å². The molecule has 2 aliphatic rings. The lowest BCUT2D eigenvalue weighted by Crippen LogP contribution is -2.17. The van der Waals surface area contributed by atoms with Crippen LogP contribution in [0.1, 0.15) is 36.5 Å². The smallest absolute Gasteiger partial charge is 0.177 e. The number of rotatable bonds is 3.